The number of hydrogen-bond donors (Lipinski definition) is 1. The number of amides is 2. The van der Waals surface area contributed by atoms with Crippen LogP contribution in [0, 0.1) is 0 Å². The Morgan fingerprint density at radius 1 is 0.936 bits per heavy atom. The van der Waals surface area contributed by atoms with Gasteiger partial charge in [-0.15, -0.1) is 0 Å². The van der Waals surface area contributed by atoms with Crippen LogP contribution in [0.5, 0.6) is 5.75 Å². The van der Waals surface area contributed by atoms with Crippen molar-refractivity contribution in [3.8, 4) is 16.9 Å². The molecule has 2 atom stereocenters. The van der Waals surface area contributed by atoms with Crippen molar-refractivity contribution in [3.05, 3.63) is 54.1 Å². The quantitative estimate of drug-likeness (QED) is 0.177. The van der Waals surface area contributed by atoms with Crippen molar-refractivity contribution in [3.63, 3.8) is 0 Å². The second-order valence-electron chi connectivity index (χ2n) is 13.8. The predicted octanol–water partition coefficient (Wildman–Crippen LogP) is 7.66. The van der Waals surface area contributed by atoms with Gasteiger partial charge in [0.15, 0.2) is 5.16 Å². The van der Waals surface area contributed by atoms with Crippen molar-refractivity contribution in [2.45, 2.75) is 90.6 Å². The SMILES string of the molecule is CCOP1(=O)CCN(Cc2ccccc2-c2ccc(OC)cc2)CC1(CCCCN(C(=O)OC(C)(C)C)C(=O)OC(C)(C)C)C(=O)O. The lowest BCUT2D eigenvalue weighted by Crippen LogP contribution is -2.54. The summed E-state index contributed by atoms with van der Waals surface area (Å²) in [5.41, 5.74) is 1.34. The number of methoxy groups -OCH3 is 1. The molecule has 2 amide bonds. The number of hydrogen-bond acceptors (Lipinski definition) is 9. The van der Waals surface area contributed by atoms with Crippen LogP contribution in [-0.4, -0.2) is 88.9 Å². The van der Waals surface area contributed by atoms with Crippen LogP contribution in [0.2, 0.25) is 0 Å². The monoisotopic (exact) mass is 674 g/mol. The molecular formula is C35H51N2O9P. The molecule has 260 valence electrons. The Hall–Kier alpha value is -3.40. The molecule has 0 radical (unpaired) electrons. The van der Waals surface area contributed by atoms with Gasteiger partial charge in [0.2, 0.25) is 7.37 Å². The fraction of sp³-hybridized carbons (Fsp3) is 0.571. The lowest BCUT2D eigenvalue weighted by atomic mass is 9.97. The van der Waals surface area contributed by atoms with E-state index < -0.39 is 41.9 Å². The van der Waals surface area contributed by atoms with Gasteiger partial charge in [0, 0.05) is 32.3 Å². The van der Waals surface area contributed by atoms with E-state index in [1.807, 2.05) is 53.4 Å². The molecule has 12 heteroatoms. The molecule has 0 saturated carbocycles. The van der Waals surface area contributed by atoms with Gasteiger partial charge in [0.05, 0.1) is 13.7 Å². The Morgan fingerprint density at radius 2 is 1.53 bits per heavy atom. The fourth-order valence-electron chi connectivity index (χ4n) is 5.67. The number of carbonyl (C=O) groups excluding carboxylic acids is 2. The molecule has 2 unspecified atom stereocenters. The van der Waals surface area contributed by atoms with Crippen LogP contribution in [0.15, 0.2) is 48.5 Å². The molecule has 2 aromatic carbocycles. The molecule has 1 fully saturated rings. The molecule has 1 aliphatic rings. The molecular weight excluding hydrogens is 623 g/mol. The van der Waals surface area contributed by atoms with Crippen LogP contribution in [-0.2, 0) is 29.9 Å². The number of carbonyl (C=O) groups is 3. The first-order valence-electron chi connectivity index (χ1n) is 16.1. The van der Waals surface area contributed by atoms with Gasteiger partial charge in [-0.05, 0) is 96.6 Å². The van der Waals surface area contributed by atoms with Crippen molar-refractivity contribution < 1.29 is 42.8 Å². The minimum atomic E-state index is -3.64. The molecule has 1 saturated heterocycles. The van der Waals surface area contributed by atoms with Crippen molar-refractivity contribution in [1.29, 1.82) is 0 Å². The van der Waals surface area contributed by atoms with Crippen LogP contribution in [0.3, 0.4) is 0 Å². The first-order valence-corrected chi connectivity index (χ1v) is 17.9. The van der Waals surface area contributed by atoms with E-state index in [4.69, 9.17) is 18.7 Å². The second kappa shape index (κ2) is 15.7. The van der Waals surface area contributed by atoms with Gasteiger partial charge in [0.1, 0.15) is 17.0 Å². The Labute approximate surface area is 279 Å². The van der Waals surface area contributed by atoms with Crippen molar-refractivity contribution in [2.24, 2.45) is 0 Å². The number of ether oxygens (including phenoxy) is 3. The van der Waals surface area contributed by atoms with Gasteiger partial charge in [-0.25, -0.2) is 14.5 Å². The first kappa shape index (κ1) is 38.1. The summed E-state index contributed by atoms with van der Waals surface area (Å²) in [6.07, 6.45) is -1.05. The van der Waals surface area contributed by atoms with Gasteiger partial charge in [-0.3, -0.25) is 14.3 Å². The number of aliphatic carboxylic acids is 1. The zero-order valence-electron chi connectivity index (χ0n) is 29.0. The number of carboxylic acids is 1. The Kier molecular flexibility index (Phi) is 12.7. The van der Waals surface area contributed by atoms with Crippen molar-refractivity contribution in [2.75, 3.05) is 39.5 Å². The van der Waals surface area contributed by atoms with Crippen LogP contribution in [0.1, 0.15) is 73.3 Å². The minimum Gasteiger partial charge on any atom is -0.497 e. The molecule has 0 aliphatic carbocycles. The lowest BCUT2D eigenvalue weighted by molar-refractivity contribution is -0.141. The Morgan fingerprint density at radius 3 is 2.06 bits per heavy atom. The number of nitrogens with zero attached hydrogens (tertiary/aromatic N) is 2. The standard InChI is InChI=1S/C35H51N2O9P/c1-9-44-47(42)23-22-36(24-27-14-10-11-15-29(27)26-16-18-28(43-8)19-17-26)25-35(47,30(38)39)20-12-13-21-37(31(40)45-33(2,3)4)32(41)46-34(5,6)7/h10-11,14-19H,9,12-13,20-25H2,1-8H3,(H,38,39). The predicted molar refractivity (Wildman–Crippen MR) is 181 cm³/mol. The molecule has 1 heterocycles. The van der Waals surface area contributed by atoms with E-state index in [1.165, 1.54) is 0 Å². The van der Waals surface area contributed by atoms with E-state index in [0.717, 1.165) is 27.3 Å². The smallest absolute Gasteiger partial charge is 0.419 e. The number of rotatable bonds is 12. The summed E-state index contributed by atoms with van der Waals surface area (Å²) in [5.74, 6) is -0.431. The molecule has 0 bridgehead atoms. The summed E-state index contributed by atoms with van der Waals surface area (Å²) in [5, 5.41) is 9.04. The van der Waals surface area contributed by atoms with E-state index in [2.05, 4.69) is 0 Å². The third-order valence-electron chi connectivity index (χ3n) is 7.85. The highest BCUT2D eigenvalue weighted by atomic mass is 31.2. The summed E-state index contributed by atoms with van der Waals surface area (Å²) >= 11 is 0. The molecule has 2 aromatic rings. The third-order valence-corrected chi connectivity index (χ3v) is 11.2. The highest BCUT2D eigenvalue weighted by molar-refractivity contribution is 7.62. The van der Waals surface area contributed by atoms with E-state index in [-0.39, 0.29) is 45.1 Å². The van der Waals surface area contributed by atoms with Crippen LogP contribution < -0.4 is 4.74 Å². The van der Waals surface area contributed by atoms with Crippen molar-refractivity contribution >= 4 is 25.5 Å². The molecule has 3 rings (SSSR count). The molecule has 1 N–H and O–H groups in total. The molecule has 0 spiro atoms. The van der Waals surface area contributed by atoms with Gasteiger partial charge in [-0.2, -0.15) is 0 Å². The van der Waals surface area contributed by atoms with Crippen LogP contribution in [0.25, 0.3) is 11.1 Å². The van der Waals surface area contributed by atoms with Crippen LogP contribution in [0.4, 0.5) is 9.59 Å². The van der Waals surface area contributed by atoms with Gasteiger partial charge in [0.25, 0.3) is 0 Å². The minimum absolute atomic E-state index is 0.0262. The zero-order valence-corrected chi connectivity index (χ0v) is 29.9. The van der Waals surface area contributed by atoms with E-state index in [1.54, 1.807) is 55.6 Å². The maximum atomic E-state index is 14.3. The van der Waals surface area contributed by atoms with E-state index in [0.29, 0.717) is 13.1 Å². The summed E-state index contributed by atoms with van der Waals surface area (Å²) in [4.78, 5) is 42.0. The van der Waals surface area contributed by atoms with Gasteiger partial charge < -0.3 is 23.8 Å². The highest BCUT2D eigenvalue weighted by Gasteiger charge is 2.58. The summed E-state index contributed by atoms with van der Waals surface area (Å²) in [6.45, 7) is 12.9. The van der Waals surface area contributed by atoms with Gasteiger partial charge in [-0.1, -0.05) is 36.4 Å². The molecule has 1 aliphatic heterocycles. The molecule has 47 heavy (non-hydrogen) atoms. The maximum absolute atomic E-state index is 14.3. The topological polar surface area (TPSA) is 132 Å². The van der Waals surface area contributed by atoms with E-state index in [9.17, 15) is 24.1 Å². The highest BCUT2D eigenvalue weighted by Crippen LogP contribution is 2.63. The third kappa shape index (κ3) is 10.0. The number of imide groups is 1. The first-order chi connectivity index (χ1) is 21.9. The zero-order chi connectivity index (χ0) is 35.0. The normalized spacial score (nSPS) is 20.3. The van der Waals surface area contributed by atoms with E-state index >= 15 is 0 Å². The summed E-state index contributed by atoms with van der Waals surface area (Å²) in [6, 6.07) is 15.7. The summed E-state index contributed by atoms with van der Waals surface area (Å²) in [7, 11) is -2.02. The maximum Gasteiger partial charge on any atom is 0.419 e. The fourth-order valence-corrected chi connectivity index (χ4v) is 8.65. The average Bonchev–Trinajstić information content (AvgIpc) is 2.97. The molecule has 11 nitrogen and oxygen atoms in total. The Balaban J connectivity index is 1.83. The number of benzene rings is 2. The van der Waals surface area contributed by atoms with Crippen molar-refractivity contribution in [1.82, 2.24) is 9.80 Å². The largest absolute Gasteiger partial charge is 0.497 e. The number of unbranched alkanes of at least 4 members (excludes halogenated alkanes) is 1. The second-order valence-corrected chi connectivity index (χ2v) is 16.7. The Bertz CT molecular complexity index is 1400. The summed E-state index contributed by atoms with van der Waals surface area (Å²) < 4.78 is 36.3. The number of carboxylic acid groups (broad SMARTS) is 1. The molecule has 0 aromatic heterocycles. The van der Waals surface area contributed by atoms with Gasteiger partial charge >= 0.3 is 18.2 Å². The lowest BCUT2D eigenvalue weighted by Gasteiger charge is -2.45. The average molecular weight is 675 g/mol. The van der Waals surface area contributed by atoms with Crippen LogP contribution >= 0.6 is 7.37 Å².